The molecule has 0 spiro atoms. The van der Waals surface area contributed by atoms with Crippen LogP contribution in [0.5, 0.6) is 0 Å². The average molecular weight is 267 g/mol. The van der Waals surface area contributed by atoms with Gasteiger partial charge in [-0.25, -0.2) is 4.39 Å². The van der Waals surface area contributed by atoms with Gasteiger partial charge in [-0.15, -0.1) is 0 Å². The van der Waals surface area contributed by atoms with Gasteiger partial charge >= 0.3 is 0 Å². The summed E-state index contributed by atoms with van der Waals surface area (Å²) < 4.78 is 18.4. The van der Waals surface area contributed by atoms with E-state index in [4.69, 9.17) is 15.9 Å². The lowest BCUT2D eigenvalue weighted by Crippen LogP contribution is -2.37. The molecule has 4 nitrogen and oxygen atoms in total. The number of ether oxygens (including phenoxy) is 1. The third kappa shape index (κ3) is 3.92. The Bertz CT molecular complexity index is 437. The van der Waals surface area contributed by atoms with Gasteiger partial charge in [-0.05, 0) is 31.5 Å². The second kappa shape index (κ2) is 7.09. The van der Waals surface area contributed by atoms with E-state index in [2.05, 4.69) is 18.7 Å². The molecule has 0 heterocycles. The van der Waals surface area contributed by atoms with Crippen LogP contribution >= 0.6 is 0 Å². The first-order chi connectivity index (χ1) is 9.01. The fourth-order valence-corrected chi connectivity index (χ4v) is 1.96. The van der Waals surface area contributed by atoms with E-state index in [9.17, 15) is 4.39 Å². The zero-order chi connectivity index (χ0) is 14.4. The smallest absolute Gasteiger partial charge is 0.125 e. The van der Waals surface area contributed by atoms with Crippen LogP contribution in [0.2, 0.25) is 0 Å². The molecule has 1 atom stereocenters. The molecule has 0 fully saturated rings. The predicted octanol–water partition coefficient (Wildman–Crippen LogP) is 2.36. The van der Waals surface area contributed by atoms with Crippen molar-refractivity contribution < 1.29 is 9.13 Å². The first kappa shape index (κ1) is 15.4. The Hall–Kier alpha value is -1.62. The van der Waals surface area contributed by atoms with Crippen molar-refractivity contribution in [2.24, 2.45) is 5.73 Å². The van der Waals surface area contributed by atoms with Gasteiger partial charge in [0.15, 0.2) is 0 Å². The van der Waals surface area contributed by atoms with E-state index in [0.717, 1.165) is 12.1 Å². The van der Waals surface area contributed by atoms with E-state index < -0.39 is 0 Å². The number of benzene rings is 1. The molecule has 0 aliphatic heterocycles. The molecule has 0 saturated heterocycles. The third-order valence-electron chi connectivity index (χ3n) is 3.22. The molecule has 0 aliphatic carbocycles. The molecule has 0 saturated carbocycles. The molecule has 0 aromatic heterocycles. The van der Waals surface area contributed by atoms with Crippen molar-refractivity contribution in [1.82, 2.24) is 0 Å². The van der Waals surface area contributed by atoms with Crippen molar-refractivity contribution in [1.29, 1.82) is 5.41 Å². The number of hydrogen-bond acceptors (Lipinski definition) is 3. The molecule has 1 aromatic rings. The van der Waals surface area contributed by atoms with Crippen LogP contribution in [0, 0.1) is 11.2 Å². The van der Waals surface area contributed by atoms with Gasteiger partial charge in [0.25, 0.3) is 0 Å². The first-order valence-electron chi connectivity index (χ1n) is 6.40. The Morgan fingerprint density at radius 1 is 1.53 bits per heavy atom. The molecule has 106 valence electrons. The van der Waals surface area contributed by atoms with Crippen LogP contribution in [0.15, 0.2) is 18.2 Å². The van der Waals surface area contributed by atoms with Crippen LogP contribution in [0.1, 0.15) is 25.8 Å². The molecule has 1 rings (SSSR count). The quantitative estimate of drug-likeness (QED) is 0.589. The monoisotopic (exact) mass is 267 g/mol. The maximum Gasteiger partial charge on any atom is 0.125 e. The van der Waals surface area contributed by atoms with Gasteiger partial charge in [0.2, 0.25) is 0 Å². The molecule has 5 heteroatoms. The normalized spacial score (nSPS) is 12.2. The second-order valence-electron chi connectivity index (χ2n) is 4.52. The third-order valence-corrected chi connectivity index (χ3v) is 3.22. The molecule has 1 aromatic carbocycles. The van der Waals surface area contributed by atoms with Crippen LogP contribution in [0.25, 0.3) is 0 Å². The van der Waals surface area contributed by atoms with Crippen molar-refractivity contribution >= 4 is 11.5 Å². The highest BCUT2D eigenvalue weighted by Gasteiger charge is 2.18. The summed E-state index contributed by atoms with van der Waals surface area (Å²) in [4.78, 5) is 2.10. The van der Waals surface area contributed by atoms with E-state index in [1.807, 2.05) is 0 Å². The number of methoxy groups -OCH3 is 1. The minimum Gasteiger partial charge on any atom is -0.384 e. The Morgan fingerprint density at radius 2 is 2.21 bits per heavy atom. The Labute approximate surface area is 113 Å². The molecule has 0 amide bonds. The largest absolute Gasteiger partial charge is 0.384 e. The van der Waals surface area contributed by atoms with Gasteiger partial charge in [0.05, 0.1) is 6.61 Å². The molecule has 0 radical (unpaired) electrons. The summed E-state index contributed by atoms with van der Waals surface area (Å²) in [6, 6.07) is 4.64. The Balaban J connectivity index is 3.17. The van der Waals surface area contributed by atoms with Crippen LogP contribution < -0.4 is 10.6 Å². The lowest BCUT2D eigenvalue weighted by Gasteiger charge is -2.32. The van der Waals surface area contributed by atoms with Crippen LogP contribution in [0.3, 0.4) is 0 Å². The Kier molecular flexibility index (Phi) is 5.76. The average Bonchev–Trinajstić information content (AvgIpc) is 2.39. The first-order valence-corrected chi connectivity index (χ1v) is 6.40. The van der Waals surface area contributed by atoms with Gasteiger partial charge in [0, 0.05) is 30.9 Å². The number of nitrogens with zero attached hydrogens (tertiary/aromatic N) is 1. The Morgan fingerprint density at radius 3 is 2.74 bits per heavy atom. The SMILES string of the molecule is CCC(C)N(CCOC)c1ccc(F)cc1C(=N)N. The summed E-state index contributed by atoms with van der Waals surface area (Å²) in [6.07, 6.45) is 0.943. The van der Waals surface area contributed by atoms with Crippen molar-refractivity contribution in [2.45, 2.75) is 26.3 Å². The number of nitrogens with two attached hydrogens (primary N) is 1. The number of anilines is 1. The van der Waals surface area contributed by atoms with Gasteiger partial charge in [-0.3, -0.25) is 5.41 Å². The van der Waals surface area contributed by atoms with E-state index in [-0.39, 0.29) is 17.7 Å². The molecular formula is C14H22FN3O. The molecular weight excluding hydrogens is 245 g/mol. The number of nitrogens with one attached hydrogen (secondary N) is 1. The van der Waals surface area contributed by atoms with Gasteiger partial charge in [-0.1, -0.05) is 6.92 Å². The molecule has 0 bridgehead atoms. The van der Waals surface area contributed by atoms with E-state index in [1.165, 1.54) is 12.1 Å². The van der Waals surface area contributed by atoms with Crippen LogP contribution in [-0.2, 0) is 4.74 Å². The fourth-order valence-electron chi connectivity index (χ4n) is 1.96. The summed E-state index contributed by atoms with van der Waals surface area (Å²) in [5.41, 5.74) is 6.76. The summed E-state index contributed by atoms with van der Waals surface area (Å²) >= 11 is 0. The number of rotatable bonds is 7. The predicted molar refractivity (Wildman–Crippen MR) is 76.4 cm³/mol. The fraction of sp³-hybridized carbons (Fsp3) is 0.500. The second-order valence-corrected chi connectivity index (χ2v) is 4.52. The van der Waals surface area contributed by atoms with E-state index >= 15 is 0 Å². The van der Waals surface area contributed by atoms with Crippen LogP contribution in [-0.4, -0.2) is 32.1 Å². The highest BCUT2D eigenvalue weighted by Crippen LogP contribution is 2.24. The number of halogens is 1. The van der Waals surface area contributed by atoms with E-state index in [1.54, 1.807) is 13.2 Å². The molecule has 1 unspecified atom stereocenters. The van der Waals surface area contributed by atoms with Gasteiger partial charge < -0.3 is 15.4 Å². The number of hydrogen-bond donors (Lipinski definition) is 2. The van der Waals surface area contributed by atoms with Crippen molar-refractivity contribution in [3.8, 4) is 0 Å². The van der Waals surface area contributed by atoms with Crippen LogP contribution in [0.4, 0.5) is 10.1 Å². The summed E-state index contributed by atoms with van der Waals surface area (Å²) in [5.74, 6) is -0.509. The summed E-state index contributed by atoms with van der Waals surface area (Å²) in [6.45, 7) is 5.42. The highest BCUT2D eigenvalue weighted by atomic mass is 19.1. The minimum atomic E-state index is -0.384. The number of nitrogen functional groups attached to an aromatic ring is 1. The van der Waals surface area contributed by atoms with Crippen molar-refractivity contribution in [3.05, 3.63) is 29.6 Å². The summed E-state index contributed by atoms with van der Waals surface area (Å²) in [7, 11) is 1.64. The zero-order valence-corrected chi connectivity index (χ0v) is 11.7. The molecule has 19 heavy (non-hydrogen) atoms. The lowest BCUT2D eigenvalue weighted by atomic mass is 10.1. The number of amidine groups is 1. The zero-order valence-electron chi connectivity index (χ0n) is 11.7. The molecule has 0 aliphatic rings. The minimum absolute atomic E-state index is 0.125. The topological polar surface area (TPSA) is 62.3 Å². The highest BCUT2D eigenvalue weighted by molar-refractivity contribution is 6.00. The van der Waals surface area contributed by atoms with Gasteiger partial charge in [-0.2, -0.15) is 0 Å². The standard InChI is InChI=1S/C14H22FN3O/c1-4-10(2)18(7-8-19-3)13-6-5-11(15)9-12(13)14(16)17/h5-6,9-10H,4,7-8H2,1-3H3,(H3,16,17). The van der Waals surface area contributed by atoms with Gasteiger partial charge in [0.1, 0.15) is 11.7 Å². The molecule has 3 N–H and O–H groups in total. The maximum atomic E-state index is 13.3. The van der Waals surface area contributed by atoms with Crippen molar-refractivity contribution in [3.63, 3.8) is 0 Å². The van der Waals surface area contributed by atoms with E-state index in [0.29, 0.717) is 18.7 Å². The lowest BCUT2D eigenvalue weighted by molar-refractivity contribution is 0.203. The van der Waals surface area contributed by atoms with Crippen molar-refractivity contribution in [2.75, 3.05) is 25.2 Å². The maximum absolute atomic E-state index is 13.3. The summed E-state index contributed by atoms with van der Waals surface area (Å²) in [5, 5.41) is 7.59.